The molecule has 1 amide bonds. The van der Waals surface area contributed by atoms with E-state index in [4.69, 9.17) is 0 Å². The molecule has 0 radical (unpaired) electrons. The van der Waals surface area contributed by atoms with Crippen molar-refractivity contribution in [1.82, 2.24) is 10.2 Å². The summed E-state index contributed by atoms with van der Waals surface area (Å²) in [5.74, 6) is -0.713. The van der Waals surface area contributed by atoms with Crippen molar-refractivity contribution in [2.45, 2.75) is 12.7 Å². The molecule has 0 aliphatic heterocycles. The van der Waals surface area contributed by atoms with Crippen LogP contribution in [-0.2, 0) is 12.7 Å². The van der Waals surface area contributed by atoms with E-state index in [0.717, 1.165) is 11.3 Å². The van der Waals surface area contributed by atoms with Crippen LogP contribution in [-0.4, -0.2) is 23.2 Å². The minimum atomic E-state index is -4.58. The van der Waals surface area contributed by atoms with E-state index in [1.807, 2.05) is 53.4 Å². The number of carbonyl (C=O) groups is 1. The maximum Gasteiger partial charge on any atom is 0.432 e. The maximum atomic E-state index is 12.6. The quantitative estimate of drug-likeness (QED) is 0.699. The number of aromatic nitrogens is 2. The molecule has 140 valence electrons. The Balaban J connectivity index is 1.68. The van der Waals surface area contributed by atoms with Crippen molar-refractivity contribution in [3.63, 3.8) is 0 Å². The first-order valence-corrected chi connectivity index (χ1v) is 8.12. The predicted octanol–water partition coefficient (Wildman–Crippen LogP) is 4.32. The molecule has 0 atom stereocenters. The van der Waals surface area contributed by atoms with Crippen LogP contribution in [0.25, 0.3) is 0 Å². The van der Waals surface area contributed by atoms with Crippen molar-refractivity contribution >= 4 is 17.3 Å². The SMILES string of the molecule is CN(Cc1cccc(NC(=O)c2cc(C(F)(F)F)[nH]n2)c1)c1ccccc1. The van der Waals surface area contributed by atoms with Crippen LogP contribution in [0.3, 0.4) is 0 Å². The van der Waals surface area contributed by atoms with Crippen LogP contribution in [0.5, 0.6) is 0 Å². The van der Waals surface area contributed by atoms with Gasteiger partial charge >= 0.3 is 6.18 Å². The molecule has 0 aliphatic rings. The number of amides is 1. The van der Waals surface area contributed by atoms with Crippen molar-refractivity contribution < 1.29 is 18.0 Å². The molecule has 0 saturated heterocycles. The largest absolute Gasteiger partial charge is 0.432 e. The third-order valence-electron chi connectivity index (χ3n) is 3.92. The fourth-order valence-electron chi connectivity index (χ4n) is 2.57. The standard InChI is InChI=1S/C19H17F3N4O/c1-26(15-8-3-2-4-9-15)12-13-6-5-7-14(10-13)23-18(27)16-11-17(25-24-16)19(20,21)22/h2-11H,12H2,1H3,(H,23,27)(H,24,25). The highest BCUT2D eigenvalue weighted by molar-refractivity contribution is 6.02. The molecule has 27 heavy (non-hydrogen) atoms. The molecule has 0 bridgehead atoms. The number of alkyl halides is 3. The average Bonchev–Trinajstić information content (AvgIpc) is 3.13. The lowest BCUT2D eigenvalue weighted by molar-refractivity contribution is -0.141. The maximum absolute atomic E-state index is 12.6. The van der Waals surface area contributed by atoms with Gasteiger partial charge in [-0.3, -0.25) is 9.89 Å². The Morgan fingerprint density at radius 2 is 1.85 bits per heavy atom. The minimum Gasteiger partial charge on any atom is -0.370 e. The number of hydrogen-bond acceptors (Lipinski definition) is 3. The summed E-state index contributed by atoms with van der Waals surface area (Å²) < 4.78 is 37.8. The number of carbonyl (C=O) groups excluding carboxylic acids is 1. The second kappa shape index (κ2) is 7.53. The van der Waals surface area contributed by atoms with Crippen molar-refractivity contribution in [2.24, 2.45) is 0 Å². The molecule has 1 heterocycles. The Morgan fingerprint density at radius 1 is 1.11 bits per heavy atom. The number of aromatic amines is 1. The number of halogens is 3. The number of benzene rings is 2. The monoisotopic (exact) mass is 374 g/mol. The van der Waals surface area contributed by atoms with Crippen molar-refractivity contribution in [1.29, 1.82) is 0 Å². The zero-order chi connectivity index (χ0) is 19.4. The highest BCUT2D eigenvalue weighted by Gasteiger charge is 2.33. The lowest BCUT2D eigenvalue weighted by Gasteiger charge is -2.19. The first-order valence-electron chi connectivity index (χ1n) is 8.12. The van der Waals surface area contributed by atoms with Gasteiger partial charge in [0.25, 0.3) is 5.91 Å². The number of H-pyrrole nitrogens is 1. The number of anilines is 2. The minimum absolute atomic E-state index is 0.325. The molecule has 0 saturated carbocycles. The second-order valence-electron chi connectivity index (χ2n) is 6.01. The van der Waals surface area contributed by atoms with E-state index in [1.165, 1.54) is 0 Å². The van der Waals surface area contributed by atoms with Crippen LogP contribution in [0.4, 0.5) is 24.5 Å². The zero-order valence-electron chi connectivity index (χ0n) is 14.4. The van der Waals surface area contributed by atoms with Crippen LogP contribution in [0.15, 0.2) is 60.7 Å². The molecular formula is C19H17F3N4O. The van der Waals surface area contributed by atoms with Crippen LogP contribution in [0.1, 0.15) is 21.7 Å². The van der Waals surface area contributed by atoms with Gasteiger partial charge in [-0.05, 0) is 29.8 Å². The van der Waals surface area contributed by atoms with Crippen molar-refractivity contribution in [3.05, 3.63) is 77.6 Å². The zero-order valence-corrected chi connectivity index (χ0v) is 14.4. The van der Waals surface area contributed by atoms with Crippen LogP contribution in [0.2, 0.25) is 0 Å². The lowest BCUT2D eigenvalue weighted by atomic mass is 10.1. The molecule has 0 fully saturated rings. The van der Waals surface area contributed by atoms with E-state index < -0.39 is 17.8 Å². The van der Waals surface area contributed by atoms with Gasteiger partial charge in [0, 0.05) is 31.0 Å². The Kier molecular flexibility index (Phi) is 5.16. The van der Waals surface area contributed by atoms with E-state index in [9.17, 15) is 18.0 Å². The van der Waals surface area contributed by atoms with E-state index in [1.54, 1.807) is 18.2 Å². The van der Waals surface area contributed by atoms with Gasteiger partial charge in [0.15, 0.2) is 5.69 Å². The van der Waals surface area contributed by atoms with E-state index in [0.29, 0.717) is 18.3 Å². The van der Waals surface area contributed by atoms with Crippen LogP contribution < -0.4 is 10.2 Å². The molecule has 0 aliphatic carbocycles. The van der Waals surface area contributed by atoms with Crippen LogP contribution >= 0.6 is 0 Å². The normalized spacial score (nSPS) is 11.3. The summed E-state index contributed by atoms with van der Waals surface area (Å²) in [6.45, 7) is 0.606. The molecule has 2 aromatic carbocycles. The van der Waals surface area contributed by atoms with E-state index >= 15 is 0 Å². The van der Waals surface area contributed by atoms with Crippen molar-refractivity contribution in [3.8, 4) is 0 Å². The summed E-state index contributed by atoms with van der Waals surface area (Å²) in [6, 6.07) is 17.6. The average molecular weight is 374 g/mol. The molecule has 5 nitrogen and oxygen atoms in total. The first kappa shape index (κ1) is 18.5. The Morgan fingerprint density at radius 3 is 2.52 bits per heavy atom. The molecule has 3 rings (SSSR count). The Bertz CT molecular complexity index is 922. The second-order valence-corrected chi connectivity index (χ2v) is 6.01. The van der Waals surface area contributed by atoms with Crippen molar-refractivity contribution in [2.75, 3.05) is 17.3 Å². The van der Waals surface area contributed by atoms with Gasteiger partial charge in [-0.1, -0.05) is 30.3 Å². The van der Waals surface area contributed by atoms with Gasteiger partial charge in [-0.15, -0.1) is 0 Å². The summed E-state index contributed by atoms with van der Waals surface area (Å²) >= 11 is 0. The number of nitrogens with zero attached hydrogens (tertiary/aromatic N) is 2. The van der Waals surface area contributed by atoms with Gasteiger partial charge < -0.3 is 10.2 Å². The van der Waals surface area contributed by atoms with E-state index in [2.05, 4.69) is 10.4 Å². The Labute approximate surface area is 153 Å². The Hall–Kier alpha value is -3.29. The van der Waals surface area contributed by atoms with E-state index in [-0.39, 0.29) is 5.69 Å². The number of para-hydroxylation sites is 1. The molecule has 3 aromatic rings. The number of nitrogens with one attached hydrogen (secondary N) is 2. The molecule has 8 heteroatoms. The fourth-order valence-corrected chi connectivity index (χ4v) is 2.57. The molecular weight excluding hydrogens is 357 g/mol. The molecule has 0 spiro atoms. The topological polar surface area (TPSA) is 61.0 Å². The first-order chi connectivity index (χ1) is 12.8. The molecule has 2 N–H and O–H groups in total. The van der Waals surface area contributed by atoms with Gasteiger partial charge in [-0.2, -0.15) is 18.3 Å². The van der Waals surface area contributed by atoms with Gasteiger partial charge in [-0.25, -0.2) is 0 Å². The smallest absolute Gasteiger partial charge is 0.370 e. The van der Waals surface area contributed by atoms with Gasteiger partial charge in [0.2, 0.25) is 0 Å². The molecule has 1 aromatic heterocycles. The summed E-state index contributed by atoms with van der Waals surface area (Å²) in [7, 11) is 1.95. The summed E-state index contributed by atoms with van der Waals surface area (Å²) in [5.41, 5.74) is 1.08. The number of rotatable bonds is 5. The summed E-state index contributed by atoms with van der Waals surface area (Å²) in [5, 5.41) is 7.82. The highest BCUT2D eigenvalue weighted by atomic mass is 19.4. The predicted molar refractivity (Wildman–Crippen MR) is 96.5 cm³/mol. The van der Waals surface area contributed by atoms with Crippen LogP contribution in [0, 0.1) is 0 Å². The number of hydrogen-bond donors (Lipinski definition) is 2. The summed E-state index contributed by atoms with van der Waals surface area (Å²) in [4.78, 5) is 14.2. The molecule has 0 unspecified atom stereocenters. The fraction of sp³-hybridized carbons (Fsp3) is 0.158. The lowest BCUT2D eigenvalue weighted by Crippen LogP contribution is -2.17. The van der Waals surface area contributed by atoms with Gasteiger partial charge in [0.1, 0.15) is 5.69 Å². The summed E-state index contributed by atoms with van der Waals surface area (Å²) in [6.07, 6.45) is -4.58. The highest BCUT2D eigenvalue weighted by Crippen LogP contribution is 2.27. The third-order valence-corrected chi connectivity index (χ3v) is 3.92. The third kappa shape index (κ3) is 4.66. The van der Waals surface area contributed by atoms with Gasteiger partial charge in [0.05, 0.1) is 0 Å².